The van der Waals surface area contributed by atoms with Crippen molar-refractivity contribution in [3.63, 3.8) is 0 Å². The van der Waals surface area contributed by atoms with Crippen LogP contribution in [-0.2, 0) is 17.9 Å². The first-order valence-electron chi connectivity index (χ1n) is 9.75. The average molecular weight is 374 g/mol. The van der Waals surface area contributed by atoms with Gasteiger partial charge in [-0.3, -0.25) is 14.4 Å². The van der Waals surface area contributed by atoms with Crippen molar-refractivity contribution in [1.82, 2.24) is 14.7 Å². The fourth-order valence-corrected chi connectivity index (χ4v) is 3.65. The highest BCUT2D eigenvalue weighted by molar-refractivity contribution is 5.95. The highest BCUT2D eigenvalue weighted by Gasteiger charge is 2.30. The lowest BCUT2D eigenvalue weighted by Crippen LogP contribution is -2.54. The number of rotatable bonds is 5. The highest BCUT2D eigenvalue weighted by Crippen LogP contribution is 2.22. The Morgan fingerprint density at radius 1 is 1.00 bits per heavy atom. The van der Waals surface area contributed by atoms with Gasteiger partial charge in [0.25, 0.3) is 0 Å². The van der Waals surface area contributed by atoms with E-state index < -0.39 is 0 Å². The normalized spacial score (nSPS) is 17.9. The zero-order valence-electron chi connectivity index (χ0n) is 16.5. The number of nitrogens with zero attached hydrogens (tertiary/aromatic N) is 4. The zero-order valence-corrected chi connectivity index (χ0v) is 16.5. The van der Waals surface area contributed by atoms with Crippen molar-refractivity contribution in [3.8, 4) is 0 Å². The van der Waals surface area contributed by atoms with Crippen LogP contribution in [0.15, 0.2) is 67.0 Å². The predicted molar refractivity (Wildman–Crippen MR) is 111 cm³/mol. The van der Waals surface area contributed by atoms with E-state index in [9.17, 15) is 4.79 Å². The lowest BCUT2D eigenvalue weighted by molar-refractivity contribution is -0.122. The summed E-state index contributed by atoms with van der Waals surface area (Å²) >= 11 is 0. The van der Waals surface area contributed by atoms with Gasteiger partial charge >= 0.3 is 0 Å². The summed E-state index contributed by atoms with van der Waals surface area (Å²) < 4.78 is 1.92. The fraction of sp³-hybridized carbons (Fsp3) is 0.304. The Kier molecular flexibility index (Phi) is 5.26. The van der Waals surface area contributed by atoms with Gasteiger partial charge in [0.15, 0.2) is 0 Å². The predicted octanol–water partition coefficient (Wildman–Crippen LogP) is 3.48. The zero-order chi connectivity index (χ0) is 19.5. The molecule has 1 atom stereocenters. The van der Waals surface area contributed by atoms with Gasteiger partial charge in [-0.2, -0.15) is 5.10 Å². The van der Waals surface area contributed by atoms with Crippen molar-refractivity contribution >= 4 is 11.6 Å². The Morgan fingerprint density at radius 3 is 2.32 bits per heavy atom. The Hall–Kier alpha value is -2.92. The molecule has 0 unspecified atom stereocenters. The van der Waals surface area contributed by atoms with Crippen LogP contribution in [0.2, 0.25) is 0 Å². The molecule has 144 valence electrons. The number of carbonyl (C=O) groups is 1. The fourth-order valence-electron chi connectivity index (χ4n) is 3.65. The van der Waals surface area contributed by atoms with Crippen LogP contribution in [0, 0.1) is 6.92 Å². The maximum Gasteiger partial charge on any atom is 0.241 e. The number of anilines is 1. The molecule has 4 rings (SSSR count). The minimum atomic E-state index is 0.164. The number of hydrogen-bond donors (Lipinski definition) is 0. The molecule has 28 heavy (non-hydrogen) atoms. The van der Waals surface area contributed by atoms with Crippen molar-refractivity contribution in [2.24, 2.45) is 0 Å². The SMILES string of the molecule is Cc1ccc(N2C[C@H](C)N(Cc3ccc(Cn4cccn4)cc3)CC2=O)cc1. The lowest BCUT2D eigenvalue weighted by atomic mass is 10.1. The summed E-state index contributed by atoms with van der Waals surface area (Å²) in [4.78, 5) is 16.9. The smallest absolute Gasteiger partial charge is 0.241 e. The summed E-state index contributed by atoms with van der Waals surface area (Å²) in [6.07, 6.45) is 3.76. The Labute approximate surface area is 166 Å². The first kappa shape index (κ1) is 18.4. The van der Waals surface area contributed by atoms with Crippen LogP contribution in [0.3, 0.4) is 0 Å². The quantitative estimate of drug-likeness (QED) is 0.687. The molecule has 5 heteroatoms. The maximum atomic E-state index is 12.7. The lowest BCUT2D eigenvalue weighted by Gasteiger charge is -2.39. The van der Waals surface area contributed by atoms with Crippen LogP contribution in [0.5, 0.6) is 0 Å². The van der Waals surface area contributed by atoms with Gasteiger partial charge in [0.2, 0.25) is 5.91 Å². The number of piperazine rings is 1. The number of aromatic nitrogens is 2. The van der Waals surface area contributed by atoms with E-state index in [2.05, 4.69) is 60.2 Å². The molecule has 0 saturated carbocycles. The van der Waals surface area contributed by atoms with Gasteiger partial charge in [-0.05, 0) is 43.2 Å². The Balaban J connectivity index is 1.39. The number of hydrogen-bond acceptors (Lipinski definition) is 3. The summed E-state index contributed by atoms with van der Waals surface area (Å²) in [5, 5.41) is 4.25. The molecule has 1 aliphatic heterocycles. The van der Waals surface area contributed by atoms with Gasteiger partial charge in [0, 0.05) is 37.2 Å². The van der Waals surface area contributed by atoms with E-state index in [0.717, 1.165) is 25.3 Å². The third-order valence-corrected chi connectivity index (χ3v) is 5.37. The molecule has 1 saturated heterocycles. The van der Waals surface area contributed by atoms with Crippen LogP contribution < -0.4 is 4.90 Å². The van der Waals surface area contributed by atoms with Crippen LogP contribution in [-0.4, -0.2) is 39.7 Å². The van der Waals surface area contributed by atoms with Gasteiger partial charge in [0.1, 0.15) is 0 Å². The van der Waals surface area contributed by atoms with Crippen LogP contribution in [0.25, 0.3) is 0 Å². The number of aryl methyl sites for hydroxylation is 1. The first-order chi connectivity index (χ1) is 13.6. The summed E-state index contributed by atoms with van der Waals surface area (Å²) in [6, 6.07) is 19.0. The largest absolute Gasteiger partial charge is 0.310 e. The van der Waals surface area contributed by atoms with Crippen molar-refractivity contribution in [2.75, 3.05) is 18.0 Å². The van der Waals surface area contributed by atoms with Crippen molar-refractivity contribution < 1.29 is 4.79 Å². The molecular weight excluding hydrogens is 348 g/mol. The third-order valence-electron chi connectivity index (χ3n) is 5.37. The monoisotopic (exact) mass is 374 g/mol. The summed E-state index contributed by atoms with van der Waals surface area (Å²) in [7, 11) is 0. The van der Waals surface area contributed by atoms with Crippen molar-refractivity contribution in [3.05, 3.63) is 83.7 Å². The molecule has 0 spiro atoms. The molecule has 5 nitrogen and oxygen atoms in total. The minimum absolute atomic E-state index is 0.164. The van der Waals surface area contributed by atoms with Crippen LogP contribution in [0.1, 0.15) is 23.6 Å². The van der Waals surface area contributed by atoms with Crippen molar-refractivity contribution in [2.45, 2.75) is 33.0 Å². The van der Waals surface area contributed by atoms with E-state index in [1.807, 2.05) is 34.0 Å². The van der Waals surface area contributed by atoms with E-state index >= 15 is 0 Å². The molecule has 0 bridgehead atoms. The second-order valence-electron chi connectivity index (χ2n) is 7.61. The van der Waals surface area contributed by atoms with Crippen molar-refractivity contribution in [1.29, 1.82) is 0 Å². The molecule has 2 aromatic carbocycles. The molecule has 0 radical (unpaired) electrons. The van der Waals surface area contributed by atoms with Crippen LogP contribution >= 0.6 is 0 Å². The molecule has 2 heterocycles. The highest BCUT2D eigenvalue weighted by atomic mass is 16.2. The van der Waals surface area contributed by atoms with Gasteiger partial charge in [0.05, 0.1) is 13.1 Å². The molecule has 1 aliphatic rings. The molecule has 1 aromatic heterocycles. The molecule has 3 aromatic rings. The van der Waals surface area contributed by atoms with Crippen LogP contribution in [0.4, 0.5) is 5.69 Å². The van der Waals surface area contributed by atoms with Gasteiger partial charge in [-0.1, -0.05) is 42.0 Å². The van der Waals surface area contributed by atoms with E-state index in [1.165, 1.54) is 16.7 Å². The summed E-state index contributed by atoms with van der Waals surface area (Å²) in [6.45, 7) is 6.99. The second-order valence-corrected chi connectivity index (χ2v) is 7.61. The van der Waals surface area contributed by atoms with E-state index in [0.29, 0.717) is 12.6 Å². The van der Waals surface area contributed by atoms with Gasteiger partial charge in [-0.15, -0.1) is 0 Å². The molecule has 0 N–H and O–H groups in total. The van der Waals surface area contributed by atoms with E-state index in [4.69, 9.17) is 0 Å². The summed E-state index contributed by atoms with van der Waals surface area (Å²) in [5.41, 5.74) is 4.65. The Bertz CT molecular complexity index is 916. The standard InChI is InChI=1S/C23H26N4O/c1-18-4-10-22(11-5-18)27-14-19(2)25(17-23(27)28)15-20-6-8-21(9-7-20)16-26-13-3-12-24-26/h3-13,19H,14-17H2,1-2H3/t19-/m0/s1. The first-order valence-corrected chi connectivity index (χ1v) is 9.75. The van der Waals surface area contributed by atoms with Gasteiger partial charge in [-0.25, -0.2) is 0 Å². The summed E-state index contributed by atoms with van der Waals surface area (Å²) in [5.74, 6) is 0.164. The molecule has 1 fully saturated rings. The topological polar surface area (TPSA) is 41.4 Å². The number of carbonyl (C=O) groups excluding carboxylic acids is 1. The number of amides is 1. The average Bonchev–Trinajstić information content (AvgIpc) is 3.20. The number of benzene rings is 2. The van der Waals surface area contributed by atoms with E-state index in [-0.39, 0.29) is 5.91 Å². The molecule has 0 aliphatic carbocycles. The second kappa shape index (κ2) is 7.98. The Morgan fingerprint density at radius 2 is 1.68 bits per heavy atom. The third kappa shape index (κ3) is 4.15. The maximum absolute atomic E-state index is 12.7. The molecular formula is C23H26N4O. The van der Waals surface area contributed by atoms with Gasteiger partial charge < -0.3 is 4.90 Å². The molecule has 1 amide bonds. The minimum Gasteiger partial charge on any atom is -0.310 e. The van der Waals surface area contributed by atoms with E-state index in [1.54, 1.807) is 6.20 Å².